The second kappa shape index (κ2) is 7.41. The summed E-state index contributed by atoms with van der Waals surface area (Å²) in [6, 6.07) is 15.8. The predicted octanol–water partition coefficient (Wildman–Crippen LogP) is 4.78. The molecule has 0 N–H and O–H groups in total. The molecule has 1 aromatic heterocycles. The number of halogens is 1. The summed E-state index contributed by atoms with van der Waals surface area (Å²) in [5, 5.41) is 9.20. The first-order chi connectivity index (χ1) is 12.4. The average Bonchev–Trinajstić information content (AvgIpc) is 3.04. The summed E-state index contributed by atoms with van der Waals surface area (Å²) in [4.78, 5) is 12.3. The third kappa shape index (κ3) is 4.02. The predicted molar refractivity (Wildman–Crippen MR) is 102 cm³/mol. The quantitative estimate of drug-likeness (QED) is 0.607. The Morgan fingerprint density at radius 2 is 1.69 bits per heavy atom. The van der Waals surface area contributed by atoms with Gasteiger partial charge in [0.05, 0.1) is 5.75 Å². The van der Waals surface area contributed by atoms with E-state index in [2.05, 4.69) is 10.2 Å². The molecule has 0 radical (unpaired) electrons. The summed E-state index contributed by atoms with van der Waals surface area (Å²) >= 11 is 1.36. The van der Waals surface area contributed by atoms with Crippen molar-refractivity contribution >= 4 is 17.5 Å². The van der Waals surface area contributed by atoms with Crippen molar-refractivity contribution < 1.29 is 9.18 Å². The van der Waals surface area contributed by atoms with E-state index < -0.39 is 5.41 Å². The van der Waals surface area contributed by atoms with Gasteiger partial charge in [-0.25, -0.2) is 4.39 Å². The van der Waals surface area contributed by atoms with E-state index in [1.165, 1.54) is 23.9 Å². The van der Waals surface area contributed by atoms with Gasteiger partial charge in [0.2, 0.25) is 0 Å². The summed E-state index contributed by atoms with van der Waals surface area (Å²) in [5.74, 6) is 0.776. The van der Waals surface area contributed by atoms with Gasteiger partial charge < -0.3 is 0 Å². The van der Waals surface area contributed by atoms with Gasteiger partial charge in [-0.1, -0.05) is 50.7 Å². The molecule has 2 aromatic carbocycles. The highest BCUT2D eigenvalue weighted by Gasteiger charge is 2.23. The molecule has 0 saturated carbocycles. The first-order valence-electron chi connectivity index (χ1n) is 8.29. The highest BCUT2D eigenvalue weighted by atomic mass is 32.2. The van der Waals surface area contributed by atoms with Gasteiger partial charge in [-0.3, -0.25) is 9.36 Å². The number of carbonyl (C=O) groups is 1. The lowest BCUT2D eigenvalue weighted by Crippen LogP contribution is -2.22. The van der Waals surface area contributed by atoms with Gasteiger partial charge in [-0.15, -0.1) is 10.2 Å². The lowest BCUT2D eigenvalue weighted by Gasteiger charge is -2.16. The Hall–Kier alpha value is -2.47. The maximum Gasteiger partial charge on any atom is 0.196 e. The maximum atomic E-state index is 13.3. The Morgan fingerprint density at radius 1 is 1.04 bits per heavy atom. The van der Waals surface area contributed by atoms with Crippen molar-refractivity contribution in [3.05, 3.63) is 60.4 Å². The van der Waals surface area contributed by atoms with Crippen LogP contribution in [0.4, 0.5) is 4.39 Å². The number of para-hydroxylation sites is 1. The minimum Gasteiger partial charge on any atom is -0.298 e. The number of Topliss-reactive ketones (excluding diaryl/α,β-unsaturated/α-hetero) is 1. The van der Waals surface area contributed by atoms with Crippen LogP contribution in [0.25, 0.3) is 17.1 Å². The van der Waals surface area contributed by atoms with Gasteiger partial charge >= 0.3 is 0 Å². The lowest BCUT2D eigenvalue weighted by atomic mass is 9.92. The van der Waals surface area contributed by atoms with Gasteiger partial charge in [0.15, 0.2) is 11.0 Å². The van der Waals surface area contributed by atoms with Crippen LogP contribution in [0.3, 0.4) is 0 Å². The number of benzene rings is 2. The van der Waals surface area contributed by atoms with E-state index in [0.717, 1.165) is 11.3 Å². The van der Waals surface area contributed by atoms with E-state index in [1.54, 1.807) is 12.1 Å². The summed E-state index contributed by atoms with van der Waals surface area (Å²) in [6.45, 7) is 5.71. The molecule has 0 spiro atoms. The van der Waals surface area contributed by atoms with Crippen LogP contribution in [0.1, 0.15) is 20.8 Å². The molecule has 134 valence electrons. The van der Waals surface area contributed by atoms with Gasteiger partial charge in [-0.05, 0) is 36.4 Å². The molecule has 0 aliphatic rings. The van der Waals surface area contributed by atoms with Crippen molar-refractivity contribution in [1.82, 2.24) is 14.8 Å². The largest absolute Gasteiger partial charge is 0.298 e. The van der Waals surface area contributed by atoms with Crippen LogP contribution in [-0.2, 0) is 4.79 Å². The Balaban J connectivity index is 2.00. The fourth-order valence-corrected chi connectivity index (χ4v) is 3.42. The van der Waals surface area contributed by atoms with Crippen LogP contribution < -0.4 is 0 Å². The van der Waals surface area contributed by atoms with Gasteiger partial charge in [0.1, 0.15) is 11.6 Å². The van der Waals surface area contributed by atoms with Gasteiger partial charge in [0, 0.05) is 16.7 Å². The molecule has 6 heteroatoms. The normalized spacial score (nSPS) is 11.5. The molecule has 0 fully saturated rings. The highest BCUT2D eigenvalue weighted by molar-refractivity contribution is 7.99. The van der Waals surface area contributed by atoms with Crippen molar-refractivity contribution in [3.63, 3.8) is 0 Å². The first-order valence-corrected chi connectivity index (χ1v) is 9.28. The number of ketones is 1. The molecule has 3 rings (SSSR count). The van der Waals surface area contributed by atoms with Crippen molar-refractivity contribution in [3.8, 4) is 17.1 Å². The Labute approximate surface area is 156 Å². The summed E-state index contributed by atoms with van der Waals surface area (Å²) in [6.07, 6.45) is 0. The van der Waals surface area contributed by atoms with Crippen LogP contribution in [-0.4, -0.2) is 26.3 Å². The molecular weight excluding hydrogens is 349 g/mol. The van der Waals surface area contributed by atoms with Crippen LogP contribution in [0.15, 0.2) is 59.8 Å². The number of hydrogen-bond acceptors (Lipinski definition) is 4. The van der Waals surface area contributed by atoms with Crippen LogP contribution in [0.2, 0.25) is 0 Å². The molecule has 26 heavy (non-hydrogen) atoms. The fraction of sp³-hybridized carbons (Fsp3) is 0.250. The number of hydrogen-bond donors (Lipinski definition) is 0. The number of carbonyl (C=O) groups excluding carboxylic acids is 1. The Kier molecular flexibility index (Phi) is 5.23. The molecule has 1 heterocycles. The SMILES string of the molecule is CC(C)(C)C(=O)CSc1nnc(-c2ccc(F)cc2)n1-c1ccccc1. The fourth-order valence-electron chi connectivity index (χ4n) is 2.31. The number of rotatable bonds is 5. The topological polar surface area (TPSA) is 47.8 Å². The maximum absolute atomic E-state index is 13.3. The van der Waals surface area contributed by atoms with E-state index >= 15 is 0 Å². The third-order valence-corrected chi connectivity index (χ3v) is 4.85. The number of aromatic nitrogens is 3. The molecule has 0 aliphatic heterocycles. The number of thioether (sulfide) groups is 1. The Bertz CT molecular complexity index is 899. The smallest absolute Gasteiger partial charge is 0.196 e. The molecule has 0 saturated heterocycles. The second-order valence-corrected chi connectivity index (χ2v) is 7.89. The molecular formula is C20H20FN3OS. The Morgan fingerprint density at radius 3 is 2.31 bits per heavy atom. The highest BCUT2D eigenvalue weighted by Crippen LogP contribution is 2.29. The summed E-state index contributed by atoms with van der Waals surface area (Å²) < 4.78 is 15.2. The summed E-state index contributed by atoms with van der Waals surface area (Å²) in [7, 11) is 0. The molecule has 0 unspecified atom stereocenters. The molecule has 0 bridgehead atoms. The third-order valence-electron chi connectivity index (χ3n) is 3.92. The average molecular weight is 369 g/mol. The standard InChI is InChI=1S/C20H20FN3OS/c1-20(2,3)17(25)13-26-19-23-22-18(14-9-11-15(21)12-10-14)24(19)16-7-5-4-6-8-16/h4-12H,13H2,1-3H3. The van der Waals surface area contributed by atoms with Crippen LogP contribution in [0.5, 0.6) is 0 Å². The van der Waals surface area contributed by atoms with E-state index in [1.807, 2.05) is 55.7 Å². The first kappa shape index (κ1) is 18.3. The van der Waals surface area contributed by atoms with Crippen molar-refractivity contribution in [2.24, 2.45) is 5.41 Å². The molecule has 3 aromatic rings. The molecule has 4 nitrogen and oxygen atoms in total. The summed E-state index contributed by atoms with van der Waals surface area (Å²) in [5.41, 5.74) is 1.25. The van der Waals surface area contributed by atoms with E-state index in [0.29, 0.717) is 16.7 Å². The monoisotopic (exact) mass is 369 g/mol. The zero-order chi connectivity index (χ0) is 18.7. The van der Waals surface area contributed by atoms with E-state index in [-0.39, 0.29) is 11.6 Å². The zero-order valence-corrected chi connectivity index (χ0v) is 15.8. The second-order valence-electron chi connectivity index (χ2n) is 6.95. The zero-order valence-electron chi connectivity index (χ0n) is 14.9. The number of nitrogens with zero attached hydrogens (tertiary/aromatic N) is 3. The van der Waals surface area contributed by atoms with Crippen molar-refractivity contribution in [2.45, 2.75) is 25.9 Å². The molecule has 0 amide bonds. The van der Waals surface area contributed by atoms with Crippen molar-refractivity contribution in [1.29, 1.82) is 0 Å². The van der Waals surface area contributed by atoms with Crippen molar-refractivity contribution in [2.75, 3.05) is 5.75 Å². The van der Waals surface area contributed by atoms with Crippen LogP contribution in [0, 0.1) is 11.2 Å². The van der Waals surface area contributed by atoms with Crippen LogP contribution >= 0.6 is 11.8 Å². The van der Waals surface area contributed by atoms with Gasteiger partial charge in [-0.2, -0.15) is 0 Å². The molecule has 0 atom stereocenters. The van der Waals surface area contributed by atoms with E-state index in [4.69, 9.17) is 0 Å². The molecule has 0 aliphatic carbocycles. The van der Waals surface area contributed by atoms with E-state index in [9.17, 15) is 9.18 Å². The van der Waals surface area contributed by atoms with Gasteiger partial charge in [0.25, 0.3) is 0 Å². The minimum atomic E-state index is -0.398. The minimum absolute atomic E-state index is 0.147. The lowest BCUT2D eigenvalue weighted by molar-refractivity contribution is -0.123.